The number of hydrogen-bond acceptors (Lipinski definition) is 0. The molecule has 13 heavy (non-hydrogen) atoms. The van der Waals surface area contributed by atoms with E-state index in [9.17, 15) is 0 Å². The van der Waals surface area contributed by atoms with Crippen molar-refractivity contribution in [2.24, 2.45) is 17.3 Å². The van der Waals surface area contributed by atoms with E-state index in [0.29, 0.717) is 5.41 Å². The molecule has 2 rings (SSSR count). The Labute approximate surface area is 82.4 Å². The van der Waals surface area contributed by atoms with Crippen molar-refractivity contribution in [3.8, 4) is 0 Å². The van der Waals surface area contributed by atoms with E-state index in [-0.39, 0.29) is 0 Å². The molecule has 0 heterocycles. The highest BCUT2D eigenvalue weighted by Gasteiger charge is 2.35. The number of allylic oxidation sites excluding steroid dienone is 2. The van der Waals surface area contributed by atoms with Crippen molar-refractivity contribution in [1.82, 2.24) is 0 Å². The van der Waals surface area contributed by atoms with Crippen molar-refractivity contribution in [2.75, 3.05) is 0 Å². The van der Waals surface area contributed by atoms with Crippen LogP contribution >= 0.6 is 0 Å². The molecule has 0 aromatic heterocycles. The molecule has 0 spiro atoms. The lowest BCUT2D eigenvalue weighted by atomic mass is 9.66. The summed E-state index contributed by atoms with van der Waals surface area (Å²) in [6, 6.07) is 0. The lowest BCUT2D eigenvalue weighted by Gasteiger charge is -2.38. The minimum atomic E-state index is 0.479. The summed E-state index contributed by atoms with van der Waals surface area (Å²) in [6.07, 6.45) is 13.6. The molecule has 0 radical (unpaired) electrons. The average Bonchev–Trinajstić information content (AvgIpc) is 2.55. The Morgan fingerprint density at radius 1 is 1.08 bits per heavy atom. The first-order valence-electron chi connectivity index (χ1n) is 5.88. The van der Waals surface area contributed by atoms with Crippen LogP contribution in [0.3, 0.4) is 0 Å². The topological polar surface area (TPSA) is 0 Å². The van der Waals surface area contributed by atoms with E-state index >= 15 is 0 Å². The minimum Gasteiger partial charge on any atom is -0.0880 e. The zero-order valence-corrected chi connectivity index (χ0v) is 9.05. The van der Waals surface area contributed by atoms with Crippen LogP contribution in [-0.4, -0.2) is 0 Å². The lowest BCUT2D eigenvalue weighted by Crippen LogP contribution is -2.29. The summed E-state index contributed by atoms with van der Waals surface area (Å²) in [6.45, 7) is 4.84. The summed E-state index contributed by atoms with van der Waals surface area (Å²) < 4.78 is 0. The summed E-state index contributed by atoms with van der Waals surface area (Å²) in [7, 11) is 0. The fourth-order valence-electron chi connectivity index (χ4n) is 3.36. The largest absolute Gasteiger partial charge is 0.0880 e. The summed E-state index contributed by atoms with van der Waals surface area (Å²) in [5, 5.41) is 0. The van der Waals surface area contributed by atoms with Crippen LogP contribution in [0.2, 0.25) is 0 Å². The molecule has 0 bridgehead atoms. The Morgan fingerprint density at radius 3 is 2.38 bits per heavy atom. The fourth-order valence-corrected chi connectivity index (χ4v) is 3.36. The van der Waals surface area contributed by atoms with E-state index in [1.165, 1.54) is 38.5 Å². The molecule has 0 saturated heterocycles. The van der Waals surface area contributed by atoms with Crippen LogP contribution < -0.4 is 0 Å². The van der Waals surface area contributed by atoms with E-state index in [1.807, 2.05) is 0 Å². The summed E-state index contributed by atoms with van der Waals surface area (Å²) in [5.41, 5.74) is 0.479. The van der Waals surface area contributed by atoms with Crippen LogP contribution in [0.5, 0.6) is 0 Å². The zero-order chi connectivity index (χ0) is 9.31. The highest BCUT2D eigenvalue weighted by molar-refractivity contribution is 5.04. The predicted octanol–water partition coefficient (Wildman–Crippen LogP) is 4.17. The molecule has 1 atom stereocenters. The first kappa shape index (κ1) is 9.30. The van der Waals surface area contributed by atoms with E-state index in [0.717, 1.165) is 11.8 Å². The third kappa shape index (κ3) is 1.82. The zero-order valence-electron chi connectivity index (χ0n) is 9.05. The van der Waals surface area contributed by atoms with E-state index in [2.05, 4.69) is 26.0 Å². The maximum atomic E-state index is 2.46. The standard InChI is InChI=1S/C13H22/c1-13(2)10-6-5-9-12(13)11-7-3-4-8-11/h6,10-12H,3-5,7-9H2,1-2H3. The molecule has 1 fully saturated rings. The molecule has 1 unspecified atom stereocenters. The minimum absolute atomic E-state index is 0.479. The van der Waals surface area contributed by atoms with Crippen LogP contribution in [0.1, 0.15) is 52.4 Å². The van der Waals surface area contributed by atoms with Crippen LogP contribution in [-0.2, 0) is 0 Å². The van der Waals surface area contributed by atoms with Gasteiger partial charge in [-0.05, 0) is 30.1 Å². The summed E-state index contributed by atoms with van der Waals surface area (Å²) in [5.74, 6) is 2.01. The normalized spacial score (nSPS) is 33.8. The second-order valence-electron chi connectivity index (χ2n) is 5.45. The summed E-state index contributed by atoms with van der Waals surface area (Å²) >= 11 is 0. The Kier molecular flexibility index (Phi) is 2.49. The number of rotatable bonds is 1. The Balaban J connectivity index is 2.08. The molecule has 0 nitrogen and oxygen atoms in total. The van der Waals surface area contributed by atoms with Gasteiger partial charge in [-0.3, -0.25) is 0 Å². The van der Waals surface area contributed by atoms with Gasteiger partial charge >= 0.3 is 0 Å². The van der Waals surface area contributed by atoms with E-state index in [4.69, 9.17) is 0 Å². The monoisotopic (exact) mass is 178 g/mol. The third-order valence-corrected chi connectivity index (χ3v) is 4.12. The van der Waals surface area contributed by atoms with Crippen LogP contribution in [0.25, 0.3) is 0 Å². The molecular formula is C13H22. The predicted molar refractivity (Wildman–Crippen MR) is 57.6 cm³/mol. The molecule has 0 aromatic carbocycles. The van der Waals surface area contributed by atoms with E-state index < -0.39 is 0 Å². The van der Waals surface area contributed by atoms with Crippen molar-refractivity contribution < 1.29 is 0 Å². The van der Waals surface area contributed by atoms with Crippen molar-refractivity contribution in [3.05, 3.63) is 12.2 Å². The molecule has 0 N–H and O–H groups in total. The van der Waals surface area contributed by atoms with Gasteiger partial charge in [-0.25, -0.2) is 0 Å². The van der Waals surface area contributed by atoms with Gasteiger partial charge in [0.2, 0.25) is 0 Å². The van der Waals surface area contributed by atoms with Crippen molar-refractivity contribution >= 4 is 0 Å². The molecule has 2 aliphatic rings. The van der Waals surface area contributed by atoms with Gasteiger partial charge in [-0.15, -0.1) is 0 Å². The molecule has 0 aliphatic heterocycles. The summed E-state index contributed by atoms with van der Waals surface area (Å²) in [4.78, 5) is 0. The highest BCUT2D eigenvalue weighted by atomic mass is 14.4. The second kappa shape index (κ2) is 3.48. The molecular weight excluding hydrogens is 156 g/mol. The van der Waals surface area contributed by atoms with Gasteiger partial charge in [-0.2, -0.15) is 0 Å². The molecule has 1 saturated carbocycles. The van der Waals surface area contributed by atoms with E-state index in [1.54, 1.807) is 0 Å². The average molecular weight is 178 g/mol. The molecule has 2 aliphatic carbocycles. The SMILES string of the molecule is CC1(C)C=CCCC1C1CCCC1. The van der Waals surface area contributed by atoms with Gasteiger partial charge < -0.3 is 0 Å². The van der Waals surface area contributed by atoms with Gasteiger partial charge in [0.25, 0.3) is 0 Å². The second-order valence-corrected chi connectivity index (χ2v) is 5.45. The highest BCUT2D eigenvalue weighted by Crippen LogP contribution is 2.46. The number of hydrogen-bond donors (Lipinski definition) is 0. The smallest absolute Gasteiger partial charge is 0.0144 e. The lowest BCUT2D eigenvalue weighted by molar-refractivity contribution is 0.168. The maximum Gasteiger partial charge on any atom is -0.0144 e. The van der Waals surface area contributed by atoms with Crippen LogP contribution in [0.4, 0.5) is 0 Å². The first-order valence-corrected chi connectivity index (χ1v) is 5.88. The van der Waals surface area contributed by atoms with Gasteiger partial charge in [-0.1, -0.05) is 51.7 Å². The Morgan fingerprint density at radius 2 is 1.77 bits per heavy atom. The fraction of sp³-hybridized carbons (Fsp3) is 0.846. The van der Waals surface area contributed by atoms with Gasteiger partial charge in [0, 0.05) is 0 Å². The molecule has 0 heteroatoms. The van der Waals surface area contributed by atoms with Crippen LogP contribution in [0.15, 0.2) is 12.2 Å². The Hall–Kier alpha value is -0.260. The quantitative estimate of drug-likeness (QED) is 0.529. The van der Waals surface area contributed by atoms with Crippen molar-refractivity contribution in [3.63, 3.8) is 0 Å². The van der Waals surface area contributed by atoms with Crippen LogP contribution in [0, 0.1) is 17.3 Å². The van der Waals surface area contributed by atoms with Gasteiger partial charge in [0.1, 0.15) is 0 Å². The third-order valence-electron chi connectivity index (χ3n) is 4.12. The first-order chi connectivity index (χ1) is 6.20. The van der Waals surface area contributed by atoms with Gasteiger partial charge in [0.05, 0.1) is 0 Å². The molecule has 0 amide bonds. The molecule has 0 aromatic rings. The van der Waals surface area contributed by atoms with Gasteiger partial charge in [0.15, 0.2) is 0 Å². The maximum absolute atomic E-state index is 2.46. The Bertz CT molecular complexity index is 194. The van der Waals surface area contributed by atoms with Crippen molar-refractivity contribution in [1.29, 1.82) is 0 Å². The van der Waals surface area contributed by atoms with Crippen molar-refractivity contribution in [2.45, 2.75) is 52.4 Å². The molecule has 74 valence electrons.